The fourth-order valence-electron chi connectivity index (χ4n) is 3.09. The van der Waals surface area contributed by atoms with Crippen molar-refractivity contribution in [3.05, 3.63) is 0 Å². The summed E-state index contributed by atoms with van der Waals surface area (Å²) >= 11 is 0. The lowest BCUT2D eigenvalue weighted by atomic mass is 9.95. The van der Waals surface area contributed by atoms with Crippen LogP contribution in [0, 0.1) is 11.8 Å². The molecule has 2 aliphatic heterocycles. The molecular formula is C14H28N2O. The largest absolute Gasteiger partial charge is 0.379 e. The van der Waals surface area contributed by atoms with Gasteiger partial charge in [-0.25, -0.2) is 0 Å². The highest BCUT2D eigenvalue weighted by Crippen LogP contribution is 2.26. The Morgan fingerprint density at radius 2 is 2.18 bits per heavy atom. The Labute approximate surface area is 106 Å². The number of hydrogen-bond donors (Lipinski definition) is 1. The molecular weight excluding hydrogens is 212 g/mol. The van der Waals surface area contributed by atoms with E-state index in [1.165, 1.54) is 25.9 Å². The second-order valence-electron chi connectivity index (χ2n) is 6.10. The van der Waals surface area contributed by atoms with Crippen molar-refractivity contribution in [1.29, 1.82) is 0 Å². The Morgan fingerprint density at radius 3 is 2.76 bits per heavy atom. The van der Waals surface area contributed by atoms with Crippen molar-refractivity contribution in [3.63, 3.8) is 0 Å². The third kappa shape index (κ3) is 3.67. The molecule has 0 aromatic rings. The Balaban J connectivity index is 1.74. The van der Waals surface area contributed by atoms with Gasteiger partial charge in [-0.1, -0.05) is 13.8 Å². The number of morpholine rings is 1. The molecule has 0 aliphatic carbocycles. The Hall–Kier alpha value is -0.120. The number of hydrogen-bond acceptors (Lipinski definition) is 3. The Kier molecular flexibility index (Phi) is 4.83. The van der Waals surface area contributed by atoms with E-state index in [4.69, 9.17) is 4.74 Å². The maximum absolute atomic E-state index is 5.52. The van der Waals surface area contributed by atoms with E-state index in [0.717, 1.165) is 31.6 Å². The maximum atomic E-state index is 5.52. The molecule has 3 heteroatoms. The number of ether oxygens (including phenoxy) is 1. The second kappa shape index (κ2) is 6.17. The molecule has 2 saturated heterocycles. The highest BCUT2D eigenvalue weighted by molar-refractivity contribution is 4.84. The standard InChI is InChI=1S/C14H28N2O/c1-11(2)13-4-6-16(9-13)12(3)8-14-10-17-7-5-15-14/h11-15H,4-10H2,1-3H3. The molecule has 1 N–H and O–H groups in total. The van der Waals surface area contributed by atoms with E-state index in [2.05, 4.69) is 31.0 Å². The van der Waals surface area contributed by atoms with Crippen LogP contribution in [0.5, 0.6) is 0 Å². The summed E-state index contributed by atoms with van der Waals surface area (Å²) in [4.78, 5) is 2.67. The van der Waals surface area contributed by atoms with Crippen LogP contribution in [0.4, 0.5) is 0 Å². The molecule has 0 aromatic heterocycles. The van der Waals surface area contributed by atoms with Crippen LogP contribution in [0.3, 0.4) is 0 Å². The van der Waals surface area contributed by atoms with E-state index in [9.17, 15) is 0 Å². The molecule has 0 aromatic carbocycles. The molecule has 0 amide bonds. The first kappa shape index (κ1) is 13.3. The average Bonchev–Trinajstić information content (AvgIpc) is 2.79. The number of likely N-dealkylation sites (tertiary alicyclic amines) is 1. The van der Waals surface area contributed by atoms with Gasteiger partial charge in [0.1, 0.15) is 0 Å². The first-order chi connectivity index (χ1) is 8.16. The molecule has 2 heterocycles. The van der Waals surface area contributed by atoms with Crippen molar-refractivity contribution in [2.75, 3.05) is 32.8 Å². The molecule has 2 rings (SSSR count). The first-order valence-corrected chi connectivity index (χ1v) is 7.22. The Morgan fingerprint density at radius 1 is 1.35 bits per heavy atom. The van der Waals surface area contributed by atoms with Gasteiger partial charge < -0.3 is 15.0 Å². The van der Waals surface area contributed by atoms with Crippen LogP contribution < -0.4 is 5.32 Å². The summed E-state index contributed by atoms with van der Waals surface area (Å²) in [5.74, 6) is 1.75. The number of nitrogens with one attached hydrogen (secondary N) is 1. The van der Waals surface area contributed by atoms with Gasteiger partial charge in [-0.2, -0.15) is 0 Å². The average molecular weight is 240 g/mol. The zero-order chi connectivity index (χ0) is 12.3. The normalized spacial score (nSPS) is 33.2. The van der Waals surface area contributed by atoms with Crippen molar-refractivity contribution < 1.29 is 4.74 Å². The number of rotatable bonds is 4. The molecule has 2 fully saturated rings. The fraction of sp³-hybridized carbons (Fsp3) is 1.00. The van der Waals surface area contributed by atoms with Crippen molar-refractivity contribution in [1.82, 2.24) is 10.2 Å². The lowest BCUT2D eigenvalue weighted by Crippen LogP contribution is -2.45. The van der Waals surface area contributed by atoms with Crippen molar-refractivity contribution in [3.8, 4) is 0 Å². The predicted octanol–water partition coefficient (Wildman–Crippen LogP) is 1.73. The molecule has 0 saturated carbocycles. The van der Waals surface area contributed by atoms with Crippen LogP contribution in [0.15, 0.2) is 0 Å². The zero-order valence-electron chi connectivity index (χ0n) is 11.6. The summed E-state index contributed by atoms with van der Waals surface area (Å²) < 4.78 is 5.52. The monoisotopic (exact) mass is 240 g/mol. The van der Waals surface area contributed by atoms with Crippen LogP contribution in [0.1, 0.15) is 33.6 Å². The van der Waals surface area contributed by atoms with E-state index in [1.54, 1.807) is 0 Å². The highest BCUT2D eigenvalue weighted by Gasteiger charge is 2.29. The van der Waals surface area contributed by atoms with Gasteiger partial charge in [0.15, 0.2) is 0 Å². The molecule has 17 heavy (non-hydrogen) atoms. The molecule has 0 bridgehead atoms. The van der Waals surface area contributed by atoms with Crippen molar-refractivity contribution >= 4 is 0 Å². The van der Waals surface area contributed by atoms with E-state index >= 15 is 0 Å². The fourth-order valence-corrected chi connectivity index (χ4v) is 3.09. The molecule has 0 radical (unpaired) electrons. The van der Waals surface area contributed by atoms with Gasteiger partial charge in [-0.05, 0) is 38.1 Å². The quantitative estimate of drug-likeness (QED) is 0.810. The van der Waals surface area contributed by atoms with Gasteiger partial charge in [0.2, 0.25) is 0 Å². The highest BCUT2D eigenvalue weighted by atomic mass is 16.5. The summed E-state index contributed by atoms with van der Waals surface area (Å²) in [6.45, 7) is 12.5. The molecule has 100 valence electrons. The molecule has 3 unspecified atom stereocenters. The van der Waals surface area contributed by atoms with E-state index in [0.29, 0.717) is 12.1 Å². The Bertz CT molecular complexity index is 226. The van der Waals surface area contributed by atoms with Gasteiger partial charge in [-0.15, -0.1) is 0 Å². The lowest BCUT2D eigenvalue weighted by Gasteiger charge is -2.31. The summed E-state index contributed by atoms with van der Waals surface area (Å²) in [5, 5.41) is 3.56. The van der Waals surface area contributed by atoms with Gasteiger partial charge in [-0.3, -0.25) is 0 Å². The molecule has 3 nitrogen and oxygen atoms in total. The second-order valence-corrected chi connectivity index (χ2v) is 6.10. The van der Waals surface area contributed by atoms with Crippen molar-refractivity contribution in [2.24, 2.45) is 11.8 Å². The molecule has 3 atom stereocenters. The van der Waals surface area contributed by atoms with E-state index in [1.807, 2.05) is 0 Å². The van der Waals surface area contributed by atoms with Crippen LogP contribution in [-0.2, 0) is 4.74 Å². The van der Waals surface area contributed by atoms with Crippen LogP contribution in [0.2, 0.25) is 0 Å². The van der Waals surface area contributed by atoms with Crippen molar-refractivity contribution in [2.45, 2.75) is 45.7 Å². The molecule has 2 aliphatic rings. The van der Waals surface area contributed by atoms with Crippen LogP contribution in [-0.4, -0.2) is 49.8 Å². The smallest absolute Gasteiger partial charge is 0.0620 e. The lowest BCUT2D eigenvalue weighted by molar-refractivity contribution is 0.0637. The number of nitrogens with zero attached hydrogens (tertiary/aromatic N) is 1. The third-order valence-electron chi connectivity index (χ3n) is 4.45. The SMILES string of the molecule is CC(C)C1CCN(C(C)CC2COCCN2)C1. The topological polar surface area (TPSA) is 24.5 Å². The zero-order valence-corrected chi connectivity index (χ0v) is 11.6. The minimum absolute atomic E-state index is 0.567. The van der Waals surface area contributed by atoms with E-state index < -0.39 is 0 Å². The van der Waals surface area contributed by atoms with Crippen LogP contribution in [0.25, 0.3) is 0 Å². The summed E-state index contributed by atoms with van der Waals surface area (Å²) in [6.07, 6.45) is 2.61. The summed E-state index contributed by atoms with van der Waals surface area (Å²) in [6, 6.07) is 1.26. The van der Waals surface area contributed by atoms with Gasteiger partial charge in [0, 0.05) is 25.2 Å². The van der Waals surface area contributed by atoms with Gasteiger partial charge in [0.25, 0.3) is 0 Å². The van der Waals surface area contributed by atoms with Crippen LogP contribution >= 0.6 is 0 Å². The molecule has 0 spiro atoms. The summed E-state index contributed by atoms with van der Waals surface area (Å²) in [7, 11) is 0. The first-order valence-electron chi connectivity index (χ1n) is 7.22. The third-order valence-corrected chi connectivity index (χ3v) is 4.45. The minimum Gasteiger partial charge on any atom is -0.379 e. The minimum atomic E-state index is 0.567. The van der Waals surface area contributed by atoms with Gasteiger partial charge in [0.05, 0.1) is 13.2 Å². The summed E-state index contributed by atoms with van der Waals surface area (Å²) in [5.41, 5.74) is 0. The van der Waals surface area contributed by atoms with E-state index in [-0.39, 0.29) is 0 Å². The van der Waals surface area contributed by atoms with Gasteiger partial charge >= 0.3 is 0 Å². The predicted molar refractivity (Wildman–Crippen MR) is 71.2 cm³/mol. The maximum Gasteiger partial charge on any atom is 0.0620 e.